The number of piperidine rings is 1. The average Bonchev–Trinajstić information content (AvgIpc) is 2.69. The van der Waals surface area contributed by atoms with Crippen molar-refractivity contribution < 1.29 is 22.7 Å². The van der Waals surface area contributed by atoms with E-state index in [4.69, 9.17) is 4.74 Å². The summed E-state index contributed by atoms with van der Waals surface area (Å²) in [7, 11) is -2.12. The summed E-state index contributed by atoms with van der Waals surface area (Å²) in [6, 6.07) is 4.85. The third-order valence-electron chi connectivity index (χ3n) is 7.53. The molecule has 2 heterocycles. The number of carbonyl (C=O) groups is 2. The summed E-state index contributed by atoms with van der Waals surface area (Å²) in [5.41, 5.74) is -0.448. The quantitative estimate of drug-likeness (QED) is 0.731. The van der Waals surface area contributed by atoms with Crippen molar-refractivity contribution in [3.63, 3.8) is 0 Å². The Morgan fingerprint density at radius 2 is 1.90 bits per heavy atom. The van der Waals surface area contributed by atoms with Gasteiger partial charge in [-0.2, -0.15) is 4.72 Å². The standard InChI is InChI=1S/C22H31N3O5S/c1-14(26)17-11-15(21(17,2)3)12-20(27)25-9-7-22(8-10-25)23-18-13-16(30-4)5-6-19(18)31(28,29)24-22/h5-6,13,15,17,23-24H,7-12H2,1-4H3/t15-,17-/m0/s1. The third kappa shape index (κ3) is 3.82. The van der Waals surface area contributed by atoms with E-state index in [1.807, 2.05) is 4.90 Å². The van der Waals surface area contributed by atoms with E-state index in [2.05, 4.69) is 23.9 Å². The summed E-state index contributed by atoms with van der Waals surface area (Å²) in [6.45, 7) is 6.70. The minimum absolute atomic E-state index is 0.0350. The number of fused-ring (bicyclic) bond motifs is 1. The molecule has 0 bridgehead atoms. The number of methoxy groups -OCH3 is 1. The summed E-state index contributed by atoms with van der Waals surface area (Å²) >= 11 is 0. The molecule has 2 atom stereocenters. The SMILES string of the molecule is COc1ccc2c(c1)NC1(CCN(C(=O)C[C@@H]3C[C@@H](C(C)=O)C3(C)C)CC1)NS2(=O)=O. The van der Waals surface area contributed by atoms with Crippen molar-refractivity contribution in [1.29, 1.82) is 0 Å². The Balaban J connectivity index is 1.41. The number of ketones is 1. The molecule has 9 heteroatoms. The lowest BCUT2D eigenvalue weighted by atomic mass is 9.52. The minimum atomic E-state index is -3.66. The van der Waals surface area contributed by atoms with Gasteiger partial charge < -0.3 is 15.0 Å². The van der Waals surface area contributed by atoms with E-state index in [1.54, 1.807) is 26.2 Å². The molecule has 170 valence electrons. The zero-order chi connectivity index (χ0) is 22.6. The molecule has 3 aliphatic rings. The van der Waals surface area contributed by atoms with Gasteiger partial charge in [-0.05, 0) is 36.8 Å². The lowest BCUT2D eigenvalue weighted by molar-refractivity contribution is -0.146. The van der Waals surface area contributed by atoms with Crippen LogP contribution in [0.2, 0.25) is 0 Å². The van der Waals surface area contributed by atoms with E-state index >= 15 is 0 Å². The van der Waals surface area contributed by atoms with Gasteiger partial charge in [-0.25, -0.2) is 8.42 Å². The van der Waals surface area contributed by atoms with Crippen LogP contribution in [0.15, 0.2) is 23.1 Å². The number of anilines is 1. The topological polar surface area (TPSA) is 105 Å². The van der Waals surface area contributed by atoms with Crippen LogP contribution in [0.1, 0.15) is 46.5 Å². The molecule has 2 N–H and O–H groups in total. The fourth-order valence-electron chi connectivity index (χ4n) is 5.32. The van der Waals surface area contributed by atoms with Gasteiger partial charge in [-0.3, -0.25) is 9.59 Å². The number of benzene rings is 1. The van der Waals surface area contributed by atoms with E-state index in [9.17, 15) is 18.0 Å². The van der Waals surface area contributed by atoms with Gasteiger partial charge in [-0.15, -0.1) is 0 Å². The van der Waals surface area contributed by atoms with Crippen LogP contribution in [0.3, 0.4) is 0 Å². The smallest absolute Gasteiger partial charge is 0.244 e. The van der Waals surface area contributed by atoms with Crippen molar-refractivity contribution >= 4 is 27.4 Å². The van der Waals surface area contributed by atoms with Crippen LogP contribution in [0, 0.1) is 17.3 Å². The molecule has 1 amide bonds. The molecular weight excluding hydrogens is 418 g/mol. The number of rotatable bonds is 4. The molecule has 1 aromatic rings. The Morgan fingerprint density at radius 3 is 2.48 bits per heavy atom. The van der Waals surface area contributed by atoms with Crippen molar-refractivity contribution in [2.24, 2.45) is 17.3 Å². The van der Waals surface area contributed by atoms with E-state index in [0.29, 0.717) is 43.8 Å². The van der Waals surface area contributed by atoms with Crippen LogP contribution >= 0.6 is 0 Å². The Bertz CT molecular complexity index is 1010. The molecule has 1 saturated carbocycles. The third-order valence-corrected chi connectivity index (χ3v) is 9.13. The van der Waals surface area contributed by atoms with Crippen molar-refractivity contribution in [3.05, 3.63) is 18.2 Å². The molecular formula is C22H31N3O5S. The van der Waals surface area contributed by atoms with E-state index in [-0.39, 0.29) is 33.8 Å². The zero-order valence-corrected chi connectivity index (χ0v) is 19.3. The van der Waals surface area contributed by atoms with Gasteiger partial charge in [-0.1, -0.05) is 13.8 Å². The molecule has 8 nitrogen and oxygen atoms in total. The number of likely N-dealkylation sites (tertiary alicyclic amines) is 1. The molecule has 1 spiro atoms. The highest BCUT2D eigenvalue weighted by molar-refractivity contribution is 7.89. The Hall–Kier alpha value is -2.13. The van der Waals surface area contributed by atoms with Crippen LogP contribution in [-0.2, 0) is 19.6 Å². The Morgan fingerprint density at radius 1 is 1.23 bits per heavy atom. The van der Waals surface area contributed by atoms with E-state index in [1.165, 1.54) is 6.07 Å². The Labute approximate surface area is 183 Å². The molecule has 0 unspecified atom stereocenters. The van der Waals surface area contributed by atoms with Gasteiger partial charge in [0.05, 0.1) is 12.8 Å². The number of nitrogens with zero attached hydrogens (tertiary/aromatic N) is 1. The Kier molecular flexibility index (Phi) is 5.33. The first kappa shape index (κ1) is 22.1. The number of hydrogen-bond donors (Lipinski definition) is 2. The van der Waals surface area contributed by atoms with Crippen molar-refractivity contribution in [2.75, 3.05) is 25.5 Å². The number of Topliss-reactive ketones (excluding diaryl/α,β-unsaturated/α-hetero) is 1. The second-order valence-electron chi connectivity index (χ2n) is 9.68. The average molecular weight is 450 g/mol. The number of sulfonamides is 1. The first-order valence-electron chi connectivity index (χ1n) is 10.8. The highest BCUT2D eigenvalue weighted by Crippen LogP contribution is 2.53. The maximum Gasteiger partial charge on any atom is 0.244 e. The molecule has 1 aromatic carbocycles. The normalized spacial score (nSPS) is 27.5. The van der Waals surface area contributed by atoms with Crippen LogP contribution in [0.5, 0.6) is 5.75 Å². The molecule has 1 aliphatic carbocycles. The van der Waals surface area contributed by atoms with Gasteiger partial charge in [0.25, 0.3) is 0 Å². The van der Waals surface area contributed by atoms with Crippen LogP contribution in [0.25, 0.3) is 0 Å². The summed E-state index contributed by atoms with van der Waals surface area (Å²) in [5.74, 6) is 1.10. The number of carbonyl (C=O) groups excluding carboxylic acids is 2. The van der Waals surface area contributed by atoms with Crippen molar-refractivity contribution in [3.8, 4) is 5.75 Å². The molecule has 1 saturated heterocycles. The van der Waals surface area contributed by atoms with Gasteiger partial charge in [0.15, 0.2) is 0 Å². The fourth-order valence-corrected chi connectivity index (χ4v) is 6.85. The van der Waals surface area contributed by atoms with E-state index in [0.717, 1.165) is 6.42 Å². The highest BCUT2D eigenvalue weighted by atomic mass is 32.2. The van der Waals surface area contributed by atoms with Crippen LogP contribution in [-0.4, -0.2) is 50.9 Å². The lowest BCUT2D eigenvalue weighted by Gasteiger charge is -2.52. The number of ether oxygens (including phenoxy) is 1. The van der Waals surface area contributed by atoms with Crippen molar-refractivity contribution in [2.45, 2.75) is 57.0 Å². The summed E-state index contributed by atoms with van der Waals surface area (Å²) < 4.78 is 33.7. The van der Waals surface area contributed by atoms with Crippen LogP contribution < -0.4 is 14.8 Å². The monoisotopic (exact) mass is 449 g/mol. The maximum absolute atomic E-state index is 12.9. The second kappa shape index (κ2) is 7.48. The van der Waals surface area contributed by atoms with Gasteiger partial charge >= 0.3 is 0 Å². The largest absolute Gasteiger partial charge is 0.497 e. The van der Waals surface area contributed by atoms with Crippen LogP contribution in [0.4, 0.5) is 5.69 Å². The number of nitrogens with one attached hydrogen (secondary N) is 2. The molecule has 2 fully saturated rings. The molecule has 0 aromatic heterocycles. The predicted octanol–water partition coefficient (Wildman–Crippen LogP) is 2.36. The van der Waals surface area contributed by atoms with E-state index < -0.39 is 15.7 Å². The maximum atomic E-state index is 12.9. The zero-order valence-electron chi connectivity index (χ0n) is 18.5. The molecule has 2 aliphatic heterocycles. The van der Waals surface area contributed by atoms with Crippen molar-refractivity contribution in [1.82, 2.24) is 9.62 Å². The second-order valence-corrected chi connectivity index (χ2v) is 11.3. The summed E-state index contributed by atoms with van der Waals surface area (Å²) in [6.07, 6.45) is 2.15. The predicted molar refractivity (Wildman–Crippen MR) is 116 cm³/mol. The minimum Gasteiger partial charge on any atom is -0.497 e. The molecule has 4 rings (SSSR count). The van der Waals surface area contributed by atoms with Gasteiger partial charge in [0, 0.05) is 44.3 Å². The first-order chi connectivity index (χ1) is 14.5. The molecule has 0 radical (unpaired) electrons. The number of amides is 1. The first-order valence-corrected chi connectivity index (χ1v) is 12.2. The summed E-state index contributed by atoms with van der Waals surface area (Å²) in [5, 5.41) is 3.35. The lowest BCUT2D eigenvalue weighted by Crippen LogP contribution is -2.62. The fraction of sp³-hybridized carbons (Fsp3) is 0.636. The van der Waals surface area contributed by atoms with Gasteiger partial charge in [0.1, 0.15) is 22.1 Å². The highest BCUT2D eigenvalue weighted by Gasteiger charge is 2.51. The number of hydrogen-bond acceptors (Lipinski definition) is 6. The summed E-state index contributed by atoms with van der Waals surface area (Å²) in [4.78, 5) is 26.7. The molecule has 31 heavy (non-hydrogen) atoms. The van der Waals surface area contributed by atoms with Gasteiger partial charge in [0.2, 0.25) is 15.9 Å².